The van der Waals surface area contributed by atoms with Gasteiger partial charge < -0.3 is 9.47 Å². The molecular formula is C22H18N2O4. The van der Waals surface area contributed by atoms with Crippen molar-refractivity contribution in [2.75, 3.05) is 0 Å². The first kappa shape index (κ1) is 17.7. The highest BCUT2D eigenvalue weighted by Gasteiger charge is 2.34. The van der Waals surface area contributed by atoms with E-state index < -0.39 is 12.2 Å². The largest absolute Gasteiger partial charge is 0.446 e. The number of hydrazone groups is 1. The summed E-state index contributed by atoms with van der Waals surface area (Å²) in [6.07, 6.45) is -0.676. The van der Waals surface area contributed by atoms with Gasteiger partial charge in [0.2, 0.25) is 18.0 Å². The molecule has 1 aliphatic rings. The molecule has 1 aliphatic heterocycles. The molecule has 3 aromatic carbocycles. The summed E-state index contributed by atoms with van der Waals surface area (Å²) in [6.45, 7) is 2.77. The predicted octanol–water partition coefficient (Wildman–Crippen LogP) is 4.00. The molecule has 6 heteroatoms. The lowest BCUT2D eigenvalue weighted by atomic mass is 10.1. The SMILES string of the molecule is CC(=O)Oc1cc2ccccc2cc1C1=NN(C(C)=O)C(c2ccccc2)O1. The molecule has 1 heterocycles. The van der Waals surface area contributed by atoms with E-state index in [0.717, 1.165) is 16.3 Å². The van der Waals surface area contributed by atoms with Gasteiger partial charge in [0.05, 0.1) is 5.56 Å². The molecular weight excluding hydrogens is 356 g/mol. The fourth-order valence-corrected chi connectivity index (χ4v) is 3.14. The van der Waals surface area contributed by atoms with Gasteiger partial charge in [-0.25, -0.2) is 0 Å². The van der Waals surface area contributed by atoms with Crippen LogP contribution in [0.4, 0.5) is 0 Å². The third-order valence-electron chi connectivity index (χ3n) is 4.38. The summed E-state index contributed by atoms with van der Waals surface area (Å²) < 4.78 is 11.4. The van der Waals surface area contributed by atoms with Crippen LogP contribution in [0.3, 0.4) is 0 Å². The Morgan fingerprint density at radius 2 is 1.61 bits per heavy atom. The van der Waals surface area contributed by atoms with Crippen molar-refractivity contribution in [3.63, 3.8) is 0 Å². The van der Waals surface area contributed by atoms with Gasteiger partial charge in [-0.3, -0.25) is 9.59 Å². The molecule has 0 bridgehead atoms. The summed E-state index contributed by atoms with van der Waals surface area (Å²) in [6, 6.07) is 20.7. The van der Waals surface area contributed by atoms with Crippen molar-refractivity contribution in [2.45, 2.75) is 20.1 Å². The van der Waals surface area contributed by atoms with Gasteiger partial charge in [-0.1, -0.05) is 54.6 Å². The quantitative estimate of drug-likeness (QED) is 0.513. The van der Waals surface area contributed by atoms with E-state index >= 15 is 0 Å². The second kappa shape index (κ2) is 7.15. The molecule has 0 N–H and O–H groups in total. The Morgan fingerprint density at radius 1 is 0.964 bits per heavy atom. The van der Waals surface area contributed by atoms with Gasteiger partial charge in [0.1, 0.15) is 5.75 Å². The monoisotopic (exact) mass is 374 g/mol. The number of nitrogens with zero attached hydrogens (tertiary/aromatic N) is 2. The van der Waals surface area contributed by atoms with E-state index in [0.29, 0.717) is 11.3 Å². The molecule has 3 aromatic rings. The molecule has 1 amide bonds. The highest BCUT2D eigenvalue weighted by molar-refractivity contribution is 6.03. The lowest BCUT2D eigenvalue weighted by Crippen LogP contribution is -2.25. The fraction of sp³-hybridized carbons (Fsp3) is 0.136. The molecule has 6 nitrogen and oxygen atoms in total. The van der Waals surface area contributed by atoms with E-state index in [4.69, 9.17) is 9.47 Å². The van der Waals surface area contributed by atoms with Gasteiger partial charge in [-0.2, -0.15) is 5.01 Å². The van der Waals surface area contributed by atoms with Crippen molar-refractivity contribution in [2.24, 2.45) is 5.10 Å². The van der Waals surface area contributed by atoms with Crippen molar-refractivity contribution in [1.82, 2.24) is 5.01 Å². The standard InChI is InChI=1S/C22H18N2O4/c1-14(25)24-22(16-8-4-3-5-9-16)28-21(23-24)19-12-17-10-6-7-11-18(17)13-20(19)27-15(2)26/h3-13,22H,1-2H3. The van der Waals surface area contributed by atoms with Crippen LogP contribution in [-0.2, 0) is 14.3 Å². The Balaban J connectivity index is 1.81. The van der Waals surface area contributed by atoms with Gasteiger partial charge in [-0.05, 0) is 22.9 Å². The maximum absolute atomic E-state index is 12.1. The van der Waals surface area contributed by atoms with Crippen LogP contribution in [0.2, 0.25) is 0 Å². The van der Waals surface area contributed by atoms with E-state index in [-0.39, 0.29) is 11.8 Å². The summed E-state index contributed by atoms with van der Waals surface area (Å²) in [7, 11) is 0. The second-order valence-electron chi connectivity index (χ2n) is 6.44. The molecule has 1 atom stereocenters. The molecule has 28 heavy (non-hydrogen) atoms. The van der Waals surface area contributed by atoms with Crippen LogP contribution in [-0.4, -0.2) is 22.8 Å². The van der Waals surface area contributed by atoms with Crippen LogP contribution < -0.4 is 4.74 Å². The minimum Gasteiger partial charge on any atom is -0.446 e. The number of esters is 1. The topological polar surface area (TPSA) is 68.2 Å². The van der Waals surface area contributed by atoms with E-state index in [1.54, 1.807) is 6.07 Å². The Kier molecular flexibility index (Phi) is 4.53. The number of benzene rings is 3. The van der Waals surface area contributed by atoms with E-state index in [1.807, 2.05) is 60.7 Å². The number of ether oxygens (including phenoxy) is 2. The third-order valence-corrected chi connectivity index (χ3v) is 4.38. The lowest BCUT2D eigenvalue weighted by Gasteiger charge is -2.19. The molecule has 0 radical (unpaired) electrons. The average Bonchev–Trinajstić information content (AvgIpc) is 3.13. The number of fused-ring (bicyclic) bond motifs is 1. The first-order valence-corrected chi connectivity index (χ1v) is 8.84. The number of hydrogen-bond donors (Lipinski definition) is 0. The maximum Gasteiger partial charge on any atom is 0.308 e. The minimum atomic E-state index is -0.676. The summed E-state index contributed by atoms with van der Waals surface area (Å²) in [5.74, 6) is -0.134. The Hall–Kier alpha value is -3.67. The first-order chi connectivity index (χ1) is 13.5. The summed E-state index contributed by atoms with van der Waals surface area (Å²) in [5.41, 5.74) is 1.31. The van der Waals surface area contributed by atoms with E-state index in [2.05, 4.69) is 5.10 Å². The Morgan fingerprint density at radius 3 is 2.25 bits per heavy atom. The molecule has 1 unspecified atom stereocenters. The zero-order valence-corrected chi connectivity index (χ0v) is 15.5. The molecule has 0 saturated heterocycles. The summed E-state index contributed by atoms with van der Waals surface area (Å²) in [5, 5.41) is 7.53. The van der Waals surface area contributed by atoms with Gasteiger partial charge in [0.15, 0.2) is 0 Å². The zero-order chi connectivity index (χ0) is 19.7. The second-order valence-corrected chi connectivity index (χ2v) is 6.44. The van der Waals surface area contributed by atoms with Crippen molar-refractivity contribution in [3.05, 3.63) is 77.9 Å². The maximum atomic E-state index is 12.1. The van der Waals surface area contributed by atoms with Gasteiger partial charge in [0.25, 0.3) is 0 Å². The lowest BCUT2D eigenvalue weighted by molar-refractivity contribution is -0.135. The third kappa shape index (κ3) is 3.32. The van der Waals surface area contributed by atoms with E-state index in [9.17, 15) is 9.59 Å². The molecule has 140 valence electrons. The number of carbonyl (C=O) groups excluding carboxylic acids is 2. The normalized spacial score (nSPS) is 15.9. The fourth-order valence-electron chi connectivity index (χ4n) is 3.14. The molecule has 0 fully saturated rings. The van der Waals surface area contributed by atoms with Crippen LogP contribution >= 0.6 is 0 Å². The predicted molar refractivity (Wildman–Crippen MR) is 105 cm³/mol. The van der Waals surface area contributed by atoms with Gasteiger partial charge >= 0.3 is 5.97 Å². The molecule has 4 rings (SSSR count). The van der Waals surface area contributed by atoms with Crippen LogP contribution in [0, 0.1) is 0 Å². The van der Waals surface area contributed by atoms with Crippen molar-refractivity contribution in [1.29, 1.82) is 0 Å². The van der Waals surface area contributed by atoms with Gasteiger partial charge in [-0.15, -0.1) is 5.10 Å². The first-order valence-electron chi connectivity index (χ1n) is 8.84. The number of carbonyl (C=O) groups is 2. The highest BCUT2D eigenvalue weighted by atomic mass is 16.5. The van der Waals surface area contributed by atoms with Crippen molar-refractivity contribution >= 4 is 28.5 Å². The molecule has 0 aliphatic carbocycles. The summed E-state index contributed by atoms with van der Waals surface area (Å²) >= 11 is 0. The van der Waals surface area contributed by atoms with Gasteiger partial charge in [0, 0.05) is 19.4 Å². The molecule has 0 spiro atoms. The highest BCUT2D eigenvalue weighted by Crippen LogP contribution is 2.34. The molecule has 0 aromatic heterocycles. The zero-order valence-electron chi connectivity index (χ0n) is 15.5. The number of amides is 1. The molecule has 0 saturated carbocycles. The van der Waals surface area contributed by atoms with Crippen LogP contribution in [0.25, 0.3) is 10.8 Å². The number of rotatable bonds is 3. The van der Waals surface area contributed by atoms with Crippen LogP contribution in [0.5, 0.6) is 5.75 Å². The Labute approximate surface area is 162 Å². The Bertz CT molecular complexity index is 1090. The smallest absolute Gasteiger partial charge is 0.308 e. The van der Waals surface area contributed by atoms with Crippen molar-refractivity contribution < 1.29 is 19.1 Å². The average molecular weight is 374 g/mol. The van der Waals surface area contributed by atoms with E-state index in [1.165, 1.54) is 18.9 Å². The minimum absolute atomic E-state index is 0.228. The van der Waals surface area contributed by atoms with Crippen LogP contribution in [0.1, 0.15) is 31.2 Å². The van der Waals surface area contributed by atoms with Crippen LogP contribution in [0.15, 0.2) is 71.8 Å². The number of hydrogen-bond acceptors (Lipinski definition) is 5. The van der Waals surface area contributed by atoms with Crippen molar-refractivity contribution in [3.8, 4) is 5.75 Å². The summed E-state index contributed by atoms with van der Waals surface area (Å²) in [4.78, 5) is 23.7.